The zero-order chi connectivity index (χ0) is 11.3. The first-order valence-corrected chi connectivity index (χ1v) is 4.71. The van der Waals surface area contributed by atoms with E-state index >= 15 is 0 Å². The fourth-order valence-electron chi connectivity index (χ4n) is 1.23. The molecule has 0 amide bonds. The monoisotopic (exact) mass is 206 g/mol. The summed E-state index contributed by atoms with van der Waals surface area (Å²) in [4.78, 5) is 11.4. The molecule has 0 aliphatic rings. The number of hydrogen-bond donors (Lipinski definition) is 0. The summed E-state index contributed by atoms with van der Waals surface area (Å²) in [5, 5.41) is 0. The summed E-state index contributed by atoms with van der Waals surface area (Å²) >= 11 is 0. The van der Waals surface area contributed by atoms with E-state index in [1.165, 1.54) is 13.4 Å². The molecule has 0 fully saturated rings. The van der Waals surface area contributed by atoms with E-state index in [2.05, 4.69) is 6.58 Å². The number of Topliss-reactive ketones (excluding diaryl/α,β-unsaturated/α-hetero) is 1. The van der Waals surface area contributed by atoms with Gasteiger partial charge < -0.3 is 9.47 Å². The highest BCUT2D eigenvalue weighted by atomic mass is 16.5. The highest BCUT2D eigenvalue weighted by Gasteiger charge is 2.08. The van der Waals surface area contributed by atoms with Gasteiger partial charge in [-0.3, -0.25) is 4.79 Å². The second kappa shape index (κ2) is 5.20. The summed E-state index contributed by atoms with van der Waals surface area (Å²) in [6.45, 7) is 5.28. The first-order valence-electron chi connectivity index (χ1n) is 4.71. The second-order valence-electron chi connectivity index (χ2n) is 2.93. The minimum absolute atomic E-state index is 0.0819. The number of benzene rings is 1. The van der Waals surface area contributed by atoms with Crippen LogP contribution in [0.5, 0.6) is 11.5 Å². The third-order valence-electron chi connectivity index (χ3n) is 2.02. The Morgan fingerprint density at radius 2 is 2.20 bits per heavy atom. The summed E-state index contributed by atoms with van der Waals surface area (Å²) < 4.78 is 10.2. The van der Waals surface area contributed by atoms with Crippen LogP contribution in [-0.4, -0.2) is 12.9 Å². The van der Waals surface area contributed by atoms with Crippen molar-refractivity contribution in [1.29, 1.82) is 0 Å². The van der Waals surface area contributed by atoms with Gasteiger partial charge in [0, 0.05) is 12.0 Å². The van der Waals surface area contributed by atoms with Gasteiger partial charge in [-0.05, 0) is 18.2 Å². The molecule has 0 N–H and O–H groups in total. The molecular formula is C12H14O3. The van der Waals surface area contributed by atoms with Crippen molar-refractivity contribution in [2.45, 2.75) is 13.3 Å². The predicted molar refractivity (Wildman–Crippen MR) is 58.4 cm³/mol. The van der Waals surface area contributed by atoms with Crippen LogP contribution in [0.4, 0.5) is 0 Å². The fourth-order valence-corrected chi connectivity index (χ4v) is 1.23. The molecule has 0 saturated carbocycles. The predicted octanol–water partition coefficient (Wildman–Crippen LogP) is 2.81. The molecule has 1 rings (SSSR count). The van der Waals surface area contributed by atoms with Crippen LogP contribution >= 0.6 is 0 Å². The third kappa shape index (κ3) is 2.59. The first-order chi connectivity index (χ1) is 7.22. The average molecular weight is 206 g/mol. The molecule has 0 atom stereocenters. The zero-order valence-electron chi connectivity index (χ0n) is 8.95. The summed E-state index contributed by atoms with van der Waals surface area (Å²) in [7, 11) is 1.53. The van der Waals surface area contributed by atoms with Crippen LogP contribution in [0.15, 0.2) is 31.0 Å². The molecule has 15 heavy (non-hydrogen) atoms. The lowest BCUT2D eigenvalue weighted by Crippen LogP contribution is -1.98. The molecule has 0 radical (unpaired) electrons. The smallest absolute Gasteiger partial charge is 0.168 e. The minimum atomic E-state index is 0.0819. The second-order valence-corrected chi connectivity index (χ2v) is 2.93. The Kier molecular flexibility index (Phi) is 3.92. The first kappa shape index (κ1) is 11.3. The molecule has 3 heteroatoms. The fraction of sp³-hybridized carbons (Fsp3) is 0.250. The number of rotatable bonds is 5. The van der Waals surface area contributed by atoms with Gasteiger partial charge in [-0.15, -0.1) is 0 Å². The van der Waals surface area contributed by atoms with Crippen LogP contribution in [0.1, 0.15) is 23.7 Å². The number of ketones is 1. The Bertz CT molecular complexity index is 369. The zero-order valence-corrected chi connectivity index (χ0v) is 8.95. The molecule has 3 nitrogen and oxygen atoms in total. The summed E-state index contributed by atoms with van der Waals surface area (Å²) in [6.07, 6.45) is 1.80. The minimum Gasteiger partial charge on any atom is -0.493 e. The Morgan fingerprint density at radius 1 is 1.47 bits per heavy atom. The van der Waals surface area contributed by atoms with E-state index < -0.39 is 0 Å². The lowest BCUT2D eigenvalue weighted by atomic mass is 10.1. The van der Waals surface area contributed by atoms with Crippen molar-refractivity contribution in [3.63, 3.8) is 0 Å². The van der Waals surface area contributed by atoms with Crippen LogP contribution in [0.2, 0.25) is 0 Å². The largest absolute Gasteiger partial charge is 0.493 e. The Hall–Kier alpha value is -1.77. The molecule has 0 unspecified atom stereocenters. The van der Waals surface area contributed by atoms with E-state index in [1.807, 2.05) is 6.92 Å². The van der Waals surface area contributed by atoms with E-state index in [-0.39, 0.29) is 5.78 Å². The van der Waals surface area contributed by atoms with Gasteiger partial charge in [-0.2, -0.15) is 0 Å². The lowest BCUT2D eigenvalue weighted by Gasteiger charge is -2.08. The number of ether oxygens (including phenoxy) is 2. The molecule has 0 saturated heterocycles. The van der Waals surface area contributed by atoms with Crippen molar-refractivity contribution in [3.8, 4) is 11.5 Å². The Morgan fingerprint density at radius 3 is 2.73 bits per heavy atom. The SMILES string of the molecule is C=COc1ccc(C(=O)CC)cc1OC. The quantitative estimate of drug-likeness (QED) is 0.549. The van der Waals surface area contributed by atoms with Crippen molar-refractivity contribution < 1.29 is 14.3 Å². The molecule has 0 aromatic heterocycles. The van der Waals surface area contributed by atoms with Crippen LogP contribution in [0, 0.1) is 0 Å². The van der Waals surface area contributed by atoms with Gasteiger partial charge in [-0.1, -0.05) is 13.5 Å². The molecule has 0 spiro atoms. The maximum absolute atomic E-state index is 11.4. The van der Waals surface area contributed by atoms with Crippen LogP contribution in [0.3, 0.4) is 0 Å². The van der Waals surface area contributed by atoms with Gasteiger partial charge in [0.05, 0.1) is 13.4 Å². The number of hydrogen-bond acceptors (Lipinski definition) is 3. The van der Waals surface area contributed by atoms with Crippen LogP contribution in [-0.2, 0) is 0 Å². The van der Waals surface area contributed by atoms with Gasteiger partial charge in [0.2, 0.25) is 0 Å². The van der Waals surface area contributed by atoms with Crippen molar-refractivity contribution >= 4 is 5.78 Å². The number of methoxy groups -OCH3 is 1. The van der Waals surface area contributed by atoms with Crippen molar-refractivity contribution in [1.82, 2.24) is 0 Å². The topological polar surface area (TPSA) is 35.5 Å². The molecular weight excluding hydrogens is 192 g/mol. The van der Waals surface area contributed by atoms with Gasteiger partial charge in [-0.25, -0.2) is 0 Å². The molecule has 0 bridgehead atoms. The summed E-state index contributed by atoms with van der Waals surface area (Å²) in [6, 6.07) is 5.08. The summed E-state index contributed by atoms with van der Waals surface area (Å²) in [5.41, 5.74) is 0.630. The maximum atomic E-state index is 11.4. The highest BCUT2D eigenvalue weighted by Crippen LogP contribution is 2.28. The van der Waals surface area contributed by atoms with Crippen molar-refractivity contribution in [3.05, 3.63) is 36.6 Å². The third-order valence-corrected chi connectivity index (χ3v) is 2.02. The lowest BCUT2D eigenvalue weighted by molar-refractivity contribution is 0.0988. The van der Waals surface area contributed by atoms with E-state index in [0.717, 1.165) is 0 Å². The van der Waals surface area contributed by atoms with Crippen LogP contribution in [0.25, 0.3) is 0 Å². The molecule has 80 valence electrons. The van der Waals surface area contributed by atoms with E-state index in [9.17, 15) is 4.79 Å². The van der Waals surface area contributed by atoms with Crippen molar-refractivity contribution in [2.24, 2.45) is 0 Å². The molecule has 0 heterocycles. The van der Waals surface area contributed by atoms with E-state index in [0.29, 0.717) is 23.5 Å². The molecule has 1 aromatic carbocycles. The number of carbonyl (C=O) groups is 1. The molecule has 1 aromatic rings. The van der Waals surface area contributed by atoms with Crippen LogP contribution < -0.4 is 9.47 Å². The van der Waals surface area contributed by atoms with E-state index in [1.54, 1.807) is 18.2 Å². The highest BCUT2D eigenvalue weighted by molar-refractivity contribution is 5.96. The Labute approximate surface area is 89.3 Å². The maximum Gasteiger partial charge on any atom is 0.168 e. The average Bonchev–Trinajstić information content (AvgIpc) is 2.29. The summed E-state index contributed by atoms with van der Waals surface area (Å²) in [5.74, 6) is 1.17. The normalized spacial score (nSPS) is 9.47. The van der Waals surface area contributed by atoms with E-state index in [4.69, 9.17) is 9.47 Å². The Balaban J connectivity index is 3.06. The molecule has 0 aliphatic heterocycles. The number of carbonyl (C=O) groups excluding carboxylic acids is 1. The van der Waals surface area contributed by atoms with Gasteiger partial charge in [0.15, 0.2) is 17.3 Å². The standard InChI is InChI=1S/C12H14O3/c1-4-10(13)9-6-7-11(15-5-2)12(8-9)14-3/h5-8H,2,4H2,1,3H3. The molecule has 0 aliphatic carbocycles. The van der Waals surface area contributed by atoms with Gasteiger partial charge in [0.25, 0.3) is 0 Å². The van der Waals surface area contributed by atoms with Crippen molar-refractivity contribution in [2.75, 3.05) is 7.11 Å². The van der Waals surface area contributed by atoms with Gasteiger partial charge in [0.1, 0.15) is 0 Å². The van der Waals surface area contributed by atoms with Gasteiger partial charge >= 0.3 is 0 Å².